The lowest BCUT2D eigenvalue weighted by atomic mass is 10.1. The van der Waals surface area contributed by atoms with Crippen molar-refractivity contribution in [1.29, 1.82) is 0 Å². The molecule has 3 aromatic carbocycles. The topological polar surface area (TPSA) is 77.6 Å². The van der Waals surface area contributed by atoms with Gasteiger partial charge in [0.1, 0.15) is 24.4 Å². The molecule has 0 aliphatic heterocycles. The van der Waals surface area contributed by atoms with Gasteiger partial charge in [0.15, 0.2) is 0 Å². The van der Waals surface area contributed by atoms with Crippen molar-refractivity contribution < 1.29 is 9.53 Å². The number of carbonyl (C=O) groups excluding carboxylic acids is 1. The van der Waals surface area contributed by atoms with Crippen molar-refractivity contribution in [3.63, 3.8) is 0 Å². The second kappa shape index (κ2) is 9.87. The molecule has 0 spiro atoms. The Morgan fingerprint density at radius 1 is 0.943 bits per heavy atom. The Morgan fingerprint density at radius 3 is 2.43 bits per heavy atom. The molecule has 0 aliphatic rings. The fourth-order valence-electron chi connectivity index (χ4n) is 3.64. The molecular formula is C27H21ClN4O3. The van der Waals surface area contributed by atoms with Crippen LogP contribution in [-0.4, -0.2) is 20.1 Å². The van der Waals surface area contributed by atoms with Gasteiger partial charge >= 0.3 is 0 Å². The van der Waals surface area contributed by atoms with Gasteiger partial charge in [0, 0.05) is 28.7 Å². The zero-order valence-electron chi connectivity index (χ0n) is 18.6. The van der Waals surface area contributed by atoms with Gasteiger partial charge in [-0.25, -0.2) is 4.52 Å². The third-order valence-corrected chi connectivity index (χ3v) is 5.70. The molecule has 0 unspecified atom stereocenters. The number of nitrogens with zero attached hydrogens (tertiary/aromatic N) is 3. The first-order valence-corrected chi connectivity index (χ1v) is 11.3. The van der Waals surface area contributed by atoms with E-state index in [1.54, 1.807) is 54.9 Å². The van der Waals surface area contributed by atoms with Gasteiger partial charge in [-0.15, -0.1) is 0 Å². The van der Waals surface area contributed by atoms with Crippen LogP contribution in [0.3, 0.4) is 0 Å². The molecule has 174 valence electrons. The van der Waals surface area contributed by atoms with Gasteiger partial charge in [-0.05, 0) is 48.0 Å². The van der Waals surface area contributed by atoms with Crippen LogP contribution in [0.4, 0.5) is 5.69 Å². The average Bonchev–Trinajstić information content (AvgIpc) is 3.32. The van der Waals surface area contributed by atoms with E-state index in [1.165, 1.54) is 9.08 Å². The van der Waals surface area contributed by atoms with Crippen molar-refractivity contribution in [3.8, 4) is 17.0 Å². The number of ether oxygens (including phenoxy) is 1. The first-order valence-electron chi connectivity index (χ1n) is 11.0. The molecule has 0 fully saturated rings. The summed E-state index contributed by atoms with van der Waals surface area (Å²) in [7, 11) is 0. The van der Waals surface area contributed by atoms with E-state index < -0.39 is 0 Å². The Hall–Kier alpha value is -4.36. The van der Waals surface area contributed by atoms with Crippen molar-refractivity contribution in [1.82, 2.24) is 14.2 Å². The lowest BCUT2D eigenvalue weighted by Crippen LogP contribution is -2.28. The number of hydrogen-bond acceptors (Lipinski definition) is 4. The minimum atomic E-state index is -0.313. The van der Waals surface area contributed by atoms with Crippen LogP contribution in [0.1, 0.15) is 5.56 Å². The molecule has 5 rings (SSSR count). The molecule has 0 atom stereocenters. The third-order valence-electron chi connectivity index (χ3n) is 5.44. The first kappa shape index (κ1) is 22.4. The standard InChI is InChI=1S/C27H21ClN4O3/c28-21-8-6-20(7-9-21)24-16-25-27(34)31(14-15-32(25)30-24)17-26(33)29-22-10-12-23(13-11-22)35-18-19-4-2-1-3-5-19/h1-16H,17-18H2,(H,29,33). The summed E-state index contributed by atoms with van der Waals surface area (Å²) >= 11 is 5.95. The lowest BCUT2D eigenvalue weighted by molar-refractivity contribution is -0.116. The third kappa shape index (κ3) is 5.26. The molecule has 1 N–H and O–H groups in total. The summed E-state index contributed by atoms with van der Waals surface area (Å²) in [6.07, 6.45) is 3.20. The summed E-state index contributed by atoms with van der Waals surface area (Å²) in [4.78, 5) is 25.5. The molecule has 1 amide bonds. The minimum absolute atomic E-state index is 0.122. The fourth-order valence-corrected chi connectivity index (χ4v) is 3.77. The van der Waals surface area contributed by atoms with Crippen LogP contribution in [-0.2, 0) is 17.9 Å². The Morgan fingerprint density at radius 2 is 1.69 bits per heavy atom. The Kier molecular flexibility index (Phi) is 6.32. The van der Waals surface area contributed by atoms with E-state index in [0.29, 0.717) is 34.3 Å². The van der Waals surface area contributed by atoms with E-state index in [4.69, 9.17) is 16.3 Å². The molecule has 8 heteroatoms. The fraction of sp³-hybridized carbons (Fsp3) is 0.0741. The highest BCUT2D eigenvalue weighted by atomic mass is 35.5. The van der Waals surface area contributed by atoms with E-state index in [1.807, 2.05) is 42.5 Å². The summed E-state index contributed by atoms with van der Waals surface area (Å²) in [5, 5.41) is 7.89. The highest BCUT2D eigenvalue weighted by Gasteiger charge is 2.12. The van der Waals surface area contributed by atoms with Crippen molar-refractivity contribution in [3.05, 3.63) is 118 Å². The predicted octanol–water partition coefficient (Wildman–Crippen LogP) is 5.03. The van der Waals surface area contributed by atoms with Gasteiger partial charge in [-0.1, -0.05) is 54.1 Å². The maximum atomic E-state index is 12.9. The van der Waals surface area contributed by atoms with E-state index >= 15 is 0 Å². The number of halogens is 1. The lowest BCUT2D eigenvalue weighted by Gasteiger charge is -2.09. The number of amides is 1. The van der Waals surface area contributed by atoms with Gasteiger partial charge in [0.25, 0.3) is 5.56 Å². The van der Waals surface area contributed by atoms with Gasteiger partial charge < -0.3 is 14.6 Å². The second-order valence-corrected chi connectivity index (χ2v) is 8.38. The first-order chi connectivity index (χ1) is 17.0. The molecule has 0 saturated carbocycles. The number of rotatable bonds is 7. The summed E-state index contributed by atoms with van der Waals surface area (Å²) < 4.78 is 8.64. The number of nitrogens with one attached hydrogen (secondary N) is 1. The number of benzene rings is 3. The molecule has 35 heavy (non-hydrogen) atoms. The predicted molar refractivity (Wildman–Crippen MR) is 136 cm³/mol. The maximum Gasteiger partial charge on any atom is 0.277 e. The van der Waals surface area contributed by atoms with Gasteiger partial charge in [0.2, 0.25) is 5.91 Å². The number of fused-ring (bicyclic) bond motifs is 1. The maximum absolute atomic E-state index is 12.9. The Bertz CT molecular complexity index is 1530. The van der Waals surface area contributed by atoms with Gasteiger partial charge in [0.05, 0.1) is 5.69 Å². The highest BCUT2D eigenvalue weighted by molar-refractivity contribution is 6.30. The molecule has 0 radical (unpaired) electrons. The van der Waals surface area contributed by atoms with Crippen LogP contribution in [0, 0.1) is 0 Å². The van der Waals surface area contributed by atoms with Gasteiger partial charge in [-0.3, -0.25) is 9.59 Å². The Balaban J connectivity index is 1.24. The summed E-state index contributed by atoms with van der Waals surface area (Å²) in [5.41, 5.74) is 3.26. The van der Waals surface area contributed by atoms with E-state index in [0.717, 1.165) is 11.1 Å². The van der Waals surface area contributed by atoms with Crippen molar-refractivity contribution >= 4 is 28.7 Å². The zero-order valence-corrected chi connectivity index (χ0v) is 19.4. The average molecular weight is 485 g/mol. The van der Waals surface area contributed by atoms with Gasteiger partial charge in [-0.2, -0.15) is 5.10 Å². The summed E-state index contributed by atoms with van der Waals surface area (Å²) in [6.45, 7) is 0.343. The largest absolute Gasteiger partial charge is 0.489 e. The minimum Gasteiger partial charge on any atom is -0.489 e. The van der Waals surface area contributed by atoms with Crippen LogP contribution in [0.15, 0.2) is 102 Å². The second-order valence-electron chi connectivity index (χ2n) is 7.94. The van der Waals surface area contributed by atoms with Crippen molar-refractivity contribution in [2.75, 3.05) is 5.32 Å². The monoisotopic (exact) mass is 484 g/mol. The van der Waals surface area contributed by atoms with E-state index in [-0.39, 0.29) is 18.0 Å². The number of aromatic nitrogens is 3. The molecule has 0 aliphatic carbocycles. The summed E-state index contributed by atoms with van der Waals surface area (Å²) in [5.74, 6) is 0.387. The number of carbonyl (C=O) groups is 1. The van der Waals surface area contributed by atoms with Crippen LogP contribution < -0.4 is 15.6 Å². The molecule has 0 bridgehead atoms. The molecule has 7 nitrogen and oxygen atoms in total. The van der Waals surface area contributed by atoms with E-state index in [9.17, 15) is 9.59 Å². The molecular weight excluding hydrogens is 464 g/mol. The Labute approximate surface area is 206 Å². The summed E-state index contributed by atoms with van der Waals surface area (Å²) in [6, 6.07) is 25.9. The van der Waals surface area contributed by atoms with Crippen LogP contribution >= 0.6 is 11.6 Å². The molecule has 2 aromatic heterocycles. The molecule has 2 heterocycles. The number of hydrogen-bond donors (Lipinski definition) is 1. The normalized spacial score (nSPS) is 10.9. The number of anilines is 1. The quantitative estimate of drug-likeness (QED) is 0.351. The molecule has 0 saturated heterocycles. The zero-order chi connectivity index (χ0) is 24.2. The van der Waals surface area contributed by atoms with Crippen molar-refractivity contribution in [2.45, 2.75) is 13.2 Å². The van der Waals surface area contributed by atoms with Crippen molar-refractivity contribution in [2.24, 2.45) is 0 Å². The smallest absolute Gasteiger partial charge is 0.277 e. The van der Waals surface area contributed by atoms with Crippen LogP contribution in [0.2, 0.25) is 5.02 Å². The SMILES string of the molecule is O=C(Cn1ccn2nc(-c3ccc(Cl)cc3)cc2c1=O)Nc1ccc(OCc2ccccc2)cc1. The van der Waals surface area contributed by atoms with E-state index in [2.05, 4.69) is 10.4 Å². The molecule has 5 aromatic rings. The van der Waals surface area contributed by atoms with Crippen LogP contribution in [0.5, 0.6) is 5.75 Å². The highest BCUT2D eigenvalue weighted by Crippen LogP contribution is 2.21. The van der Waals surface area contributed by atoms with Crippen LogP contribution in [0.25, 0.3) is 16.8 Å².